The Morgan fingerprint density at radius 1 is 1.30 bits per heavy atom. The summed E-state index contributed by atoms with van der Waals surface area (Å²) < 4.78 is 0. The lowest BCUT2D eigenvalue weighted by Gasteiger charge is -2.27. The summed E-state index contributed by atoms with van der Waals surface area (Å²) in [4.78, 5) is 31.4. The van der Waals surface area contributed by atoms with Gasteiger partial charge in [0, 0.05) is 30.3 Å². The van der Waals surface area contributed by atoms with Crippen LogP contribution in [0.3, 0.4) is 0 Å². The zero-order valence-corrected chi connectivity index (χ0v) is 13.0. The van der Waals surface area contributed by atoms with Gasteiger partial charge in [0.25, 0.3) is 5.69 Å². The molecule has 3 heterocycles. The van der Waals surface area contributed by atoms with Crippen molar-refractivity contribution in [1.82, 2.24) is 9.88 Å². The molecular formula is C15H14N4O3S. The summed E-state index contributed by atoms with van der Waals surface area (Å²) in [6.45, 7) is 0.847. The number of aromatic nitrogens is 1. The lowest BCUT2D eigenvalue weighted by atomic mass is 10.1. The fourth-order valence-corrected chi connectivity index (χ4v) is 4.09. The topological polar surface area (TPSA) is 79.6 Å². The van der Waals surface area contributed by atoms with Gasteiger partial charge in [-0.15, -0.1) is 11.3 Å². The summed E-state index contributed by atoms with van der Waals surface area (Å²) in [6.07, 6.45) is 3.29. The van der Waals surface area contributed by atoms with Gasteiger partial charge in [-0.3, -0.25) is 24.7 Å². The van der Waals surface area contributed by atoms with Crippen LogP contribution in [-0.2, 0) is 4.79 Å². The number of benzene rings is 1. The fourth-order valence-electron chi connectivity index (χ4n) is 3.42. The van der Waals surface area contributed by atoms with Gasteiger partial charge < -0.3 is 0 Å². The van der Waals surface area contributed by atoms with E-state index in [2.05, 4.69) is 9.88 Å². The molecule has 1 amide bonds. The first-order valence-corrected chi connectivity index (χ1v) is 8.27. The van der Waals surface area contributed by atoms with Gasteiger partial charge >= 0.3 is 0 Å². The Kier molecular flexibility index (Phi) is 3.35. The lowest BCUT2D eigenvalue weighted by Crippen LogP contribution is -2.32. The molecule has 1 aromatic heterocycles. The number of nitro groups is 1. The highest BCUT2D eigenvalue weighted by atomic mass is 32.1. The number of thiazole rings is 1. The molecule has 4 rings (SSSR count). The number of hydrogen-bond acceptors (Lipinski definition) is 6. The van der Waals surface area contributed by atoms with Crippen molar-refractivity contribution >= 4 is 28.1 Å². The molecule has 2 atom stereocenters. The normalized spacial score (nSPS) is 24.2. The van der Waals surface area contributed by atoms with Crippen molar-refractivity contribution in [1.29, 1.82) is 0 Å². The smallest absolute Gasteiger partial charge is 0.269 e. The average Bonchev–Trinajstić information content (AvgIpc) is 3.26. The number of nitro benzene ring substituents is 1. The monoisotopic (exact) mass is 330 g/mol. The second-order valence-corrected chi connectivity index (χ2v) is 6.51. The van der Waals surface area contributed by atoms with E-state index in [0.29, 0.717) is 5.13 Å². The van der Waals surface area contributed by atoms with Crippen LogP contribution in [0.2, 0.25) is 0 Å². The Labute approximate surface area is 136 Å². The molecule has 7 nitrogen and oxygen atoms in total. The Morgan fingerprint density at radius 2 is 2.09 bits per heavy atom. The number of rotatable bonds is 3. The number of amides is 1. The molecular weight excluding hydrogens is 316 g/mol. The lowest BCUT2D eigenvalue weighted by molar-refractivity contribution is -0.384. The molecule has 0 bridgehead atoms. The second kappa shape index (κ2) is 5.39. The predicted octanol–water partition coefficient (Wildman–Crippen LogP) is 2.56. The maximum absolute atomic E-state index is 12.8. The standard InChI is InChI=1S/C15H14N4O3S/c20-14-12-2-1-8-17(12)13(18(14)15-16-7-9-23-15)10-3-5-11(6-4-10)19(21)22/h3-7,9,12-13H,1-2,8H2/t12-,13+/m1/s1. The van der Waals surface area contributed by atoms with Crippen LogP contribution >= 0.6 is 11.3 Å². The van der Waals surface area contributed by atoms with Crippen molar-refractivity contribution in [2.75, 3.05) is 11.4 Å². The molecule has 0 N–H and O–H groups in total. The molecule has 2 aliphatic rings. The van der Waals surface area contributed by atoms with Crippen LogP contribution in [0.4, 0.5) is 10.8 Å². The Morgan fingerprint density at radius 3 is 2.74 bits per heavy atom. The first-order valence-electron chi connectivity index (χ1n) is 7.39. The summed E-state index contributed by atoms with van der Waals surface area (Å²) in [5.74, 6) is 0.0702. The molecule has 0 radical (unpaired) electrons. The van der Waals surface area contributed by atoms with E-state index < -0.39 is 4.92 Å². The summed E-state index contributed by atoms with van der Waals surface area (Å²) in [5, 5.41) is 13.4. The van der Waals surface area contributed by atoms with E-state index in [0.717, 1.165) is 24.9 Å². The van der Waals surface area contributed by atoms with Gasteiger partial charge in [0.05, 0.1) is 11.0 Å². The minimum Gasteiger partial charge on any atom is -0.273 e. The van der Waals surface area contributed by atoms with E-state index in [1.165, 1.54) is 23.5 Å². The van der Waals surface area contributed by atoms with E-state index >= 15 is 0 Å². The number of carbonyl (C=O) groups is 1. The van der Waals surface area contributed by atoms with Crippen LogP contribution in [-0.4, -0.2) is 33.3 Å². The first-order chi connectivity index (χ1) is 11.2. The zero-order chi connectivity index (χ0) is 16.0. The largest absolute Gasteiger partial charge is 0.273 e. The second-order valence-electron chi connectivity index (χ2n) is 5.64. The maximum Gasteiger partial charge on any atom is 0.269 e. The summed E-state index contributed by atoms with van der Waals surface area (Å²) in [6, 6.07) is 6.33. The van der Waals surface area contributed by atoms with E-state index in [4.69, 9.17) is 0 Å². The van der Waals surface area contributed by atoms with E-state index in [-0.39, 0.29) is 23.8 Å². The summed E-state index contributed by atoms with van der Waals surface area (Å²) in [5.41, 5.74) is 0.931. The third-order valence-corrected chi connectivity index (χ3v) is 5.17. The Balaban J connectivity index is 1.76. The Hall–Kier alpha value is -2.32. The molecule has 0 saturated carbocycles. The number of nitrogens with zero attached hydrogens (tertiary/aromatic N) is 4. The van der Waals surface area contributed by atoms with E-state index in [9.17, 15) is 14.9 Å². The minimum atomic E-state index is -0.416. The highest BCUT2D eigenvalue weighted by Gasteiger charge is 2.50. The van der Waals surface area contributed by atoms with Crippen LogP contribution in [0.5, 0.6) is 0 Å². The van der Waals surface area contributed by atoms with Crippen molar-refractivity contribution in [3.05, 3.63) is 51.5 Å². The third-order valence-electron chi connectivity index (χ3n) is 4.40. The van der Waals surface area contributed by atoms with Gasteiger partial charge in [0.15, 0.2) is 5.13 Å². The number of hydrogen-bond donors (Lipinski definition) is 0. The molecule has 2 aliphatic heterocycles. The van der Waals surface area contributed by atoms with Crippen molar-refractivity contribution in [2.24, 2.45) is 0 Å². The van der Waals surface area contributed by atoms with Crippen LogP contribution in [0.1, 0.15) is 24.6 Å². The number of anilines is 1. The summed E-state index contributed by atoms with van der Waals surface area (Å²) in [7, 11) is 0. The quantitative estimate of drug-likeness (QED) is 0.638. The van der Waals surface area contributed by atoms with Crippen molar-refractivity contribution in [2.45, 2.75) is 25.0 Å². The number of non-ortho nitro benzene ring substituents is 1. The molecule has 1 aromatic carbocycles. The number of carbonyl (C=O) groups excluding carboxylic acids is 1. The van der Waals surface area contributed by atoms with E-state index in [1.54, 1.807) is 23.2 Å². The van der Waals surface area contributed by atoms with Gasteiger partial charge in [-0.25, -0.2) is 4.98 Å². The molecule has 8 heteroatoms. The van der Waals surface area contributed by atoms with Gasteiger partial charge in [-0.05, 0) is 30.5 Å². The molecule has 118 valence electrons. The molecule has 2 saturated heterocycles. The molecule has 2 aromatic rings. The summed E-state index contributed by atoms with van der Waals surface area (Å²) >= 11 is 1.43. The Bertz CT molecular complexity index is 747. The van der Waals surface area contributed by atoms with Gasteiger partial charge in [0.2, 0.25) is 5.91 Å². The van der Waals surface area contributed by atoms with Crippen LogP contribution in [0, 0.1) is 10.1 Å². The van der Waals surface area contributed by atoms with Crippen molar-refractivity contribution < 1.29 is 9.72 Å². The molecule has 23 heavy (non-hydrogen) atoms. The van der Waals surface area contributed by atoms with E-state index in [1.807, 2.05) is 5.38 Å². The maximum atomic E-state index is 12.8. The molecule has 2 fully saturated rings. The average molecular weight is 330 g/mol. The molecule has 0 aliphatic carbocycles. The van der Waals surface area contributed by atoms with Gasteiger partial charge in [-0.2, -0.15) is 0 Å². The van der Waals surface area contributed by atoms with Crippen LogP contribution in [0.25, 0.3) is 0 Å². The SMILES string of the molecule is O=C1[C@H]2CCCN2[C@H](c2ccc([N+](=O)[O-])cc2)N1c1nccs1. The zero-order valence-electron chi connectivity index (χ0n) is 12.2. The van der Waals surface area contributed by atoms with Crippen molar-refractivity contribution in [3.63, 3.8) is 0 Å². The minimum absolute atomic E-state index is 0.0526. The first kappa shape index (κ1) is 14.3. The molecule has 0 spiro atoms. The van der Waals surface area contributed by atoms with Crippen LogP contribution < -0.4 is 4.90 Å². The van der Waals surface area contributed by atoms with Crippen LogP contribution in [0.15, 0.2) is 35.8 Å². The highest BCUT2D eigenvalue weighted by Crippen LogP contribution is 2.43. The molecule has 0 unspecified atom stereocenters. The highest BCUT2D eigenvalue weighted by molar-refractivity contribution is 7.13. The van der Waals surface area contributed by atoms with Gasteiger partial charge in [0.1, 0.15) is 6.17 Å². The van der Waals surface area contributed by atoms with Gasteiger partial charge in [-0.1, -0.05) is 0 Å². The number of fused-ring (bicyclic) bond motifs is 1. The van der Waals surface area contributed by atoms with Crippen molar-refractivity contribution in [3.8, 4) is 0 Å². The fraction of sp³-hybridized carbons (Fsp3) is 0.333. The third kappa shape index (κ3) is 2.22. The predicted molar refractivity (Wildman–Crippen MR) is 85.2 cm³/mol.